The largest absolute Gasteiger partial charge is 0.394 e. The first-order chi connectivity index (χ1) is 9.13. The zero-order valence-corrected chi connectivity index (χ0v) is 11.9. The number of halogens is 1. The second-order valence-electron chi connectivity index (χ2n) is 4.44. The van der Waals surface area contributed by atoms with E-state index in [1.807, 2.05) is 37.5 Å². The highest BCUT2D eigenvalue weighted by Crippen LogP contribution is 2.23. The van der Waals surface area contributed by atoms with Gasteiger partial charge in [0.1, 0.15) is 0 Å². The first kappa shape index (κ1) is 13.9. The number of nitrogens with one attached hydrogen (secondary N) is 1. The number of nitrogens with zero attached hydrogens (tertiary/aromatic N) is 2. The van der Waals surface area contributed by atoms with Gasteiger partial charge in [0.15, 0.2) is 0 Å². The van der Waals surface area contributed by atoms with Gasteiger partial charge in [-0.1, -0.05) is 18.5 Å². The van der Waals surface area contributed by atoms with Gasteiger partial charge in [0.25, 0.3) is 0 Å². The van der Waals surface area contributed by atoms with Crippen LogP contribution in [0.15, 0.2) is 30.5 Å². The second kappa shape index (κ2) is 6.08. The maximum absolute atomic E-state index is 9.60. The summed E-state index contributed by atoms with van der Waals surface area (Å²) in [6, 6.07) is 7.27. The van der Waals surface area contributed by atoms with Crippen molar-refractivity contribution in [2.75, 3.05) is 11.9 Å². The van der Waals surface area contributed by atoms with Crippen molar-refractivity contribution in [3.8, 4) is 0 Å². The van der Waals surface area contributed by atoms with Gasteiger partial charge in [-0.2, -0.15) is 5.10 Å². The van der Waals surface area contributed by atoms with Gasteiger partial charge in [-0.25, -0.2) is 0 Å². The summed E-state index contributed by atoms with van der Waals surface area (Å²) in [4.78, 5) is 0. The molecule has 0 bridgehead atoms. The van der Waals surface area contributed by atoms with Gasteiger partial charge in [0.2, 0.25) is 0 Å². The Morgan fingerprint density at radius 1 is 1.37 bits per heavy atom. The minimum atomic E-state index is -0.162. The van der Waals surface area contributed by atoms with Gasteiger partial charge >= 0.3 is 0 Å². The molecule has 0 saturated heterocycles. The molecule has 0 aliphatic carbocycles. The van der Waals surface area contributed by atoms with Gasteiger partial charge in [-0.3, -0.25) is 4.68 Å². The lowest BCUT2D eigenvalue weighted by Gasteiger charge is -2.17. The molecule has 0 spiro atoms. The van der Waals surface area contributed by atoms with E-state index in [1.54, 1.807) is 4.68 Å². The van der Waals surface area contributed by atoms with E-state index in [0.29, 0.717) is 5.02 Å². The Morgan fingerprint density at radius 3 is 2.63 bits per heavy atom. The van der Waals surface area contributed by atoms with Crippen LogP contribution in [0.5, 0.6) is 0 Å². The molecule has 0 aliphatic heterocycles. The Hall–Kier alpha value is -1.52. The fraction of sp³-hybridized carbons (Fsp3) is 0.357. The molecular formula is C14H18ClN3O. The molecule has 4 nitrogen and oxygen atoms in total. The Balaban J connectivity index is 2.22. The van der Waals surface area contributed by atoms with Crippen molar-refractivity contribution in [3.63, 3.8) is 0 Å². The fourth-order valence-corrected chi connectivity index (χ4v) is 2.21. The van der Waals surface area contributed by atoms with Crippen LogP contribution in [0.3, 0.4) is 0 Å². The number of aliphatic hydroxyl groups excluding tert-OH is 1. The van der Waals surface area contributed by atoms with Crippen LogP contribution in [0.4, 0.5) is 5.69 Å². The molecule has 2 N–H and O–H groups in total. The van der Waals surface area contributed by atoms with Crippen LogP contribution in [-0.4, -0.2) is 21.5 Å². The van der Waals surface area contributed by atoms with Crippen molar-refractivity contribution in [3.05, 3.63) is 46.7 Å². The average molecular weight is 280 g/mol. The minimum Gasteiger partial charge on any atom is -0.394 e. The predicted molar refractivity (Wildman–Crippen MR) is 77.5 cm³/mol. The summed E-state index contributed by atoms with van der Waals surface area (Å²) in [6.45, 7) is 2.07. The van der Waals surface area contributed by atoms with Gasteiger partial charge in [0, 0.05) is 29.5 Å². The summed E-state index contributed by atoms with van der Waals surface area (Å²) >= 11 is 5.86. The number of aryl methyl sites for hydroxylation is 2. The van der Waals surface area contributed by atoms with Gasteiger partial charge in [-0.15, -0.1) is 0 Å². The molecule has 5 heteroatoms. The zero-order valence-electron chi connectivity index (χ0n) is 11.1. The first-order valence-electron chi connectivity index (χ1n) is 6.29. The Kier molecular flexibility index (Phi) is 4.45. The maximum atomic E-state index is 9.60. The normalized spacial score (nSPS) is 12.4. The highest BCUT2D eigenvalue weighted by molar-refractivity contribution is 6.30. The summed E-state index contributed by atoms with van der Waals surface area (Å²) in [7, 11) is 1.89. The summed E-state index contributed by atoms with van der Waals surface area (Å²) in [5, 5.41) is 18.0. The number of hydrogen-bond donors (Lipinski definition) is 2. The number of benzene rings is 1. The lowest BCUT2D eigenvalue weighted by atomic mass is 10.1. The molecular weight excluding hydrogens is 262 g/mol. The SMILES string of the molecule is CCc1nn(C)cc1C(CO)Nc1ccc(Cl)cc1. The summed E-state index contributed by atoms with van der Waals surface area (Å²) < 4.78 is 1.78. The smallest absolute Gasteiger partial charge is 0.0778 e. The van der Waals surface area contributed by atoms with Gasteiger partial charge in [-0.05, 0) is 30.7 Å². The van der Waals surface area contributed by atoms with Crippen molar-refractivity contribution >= 4 is 17.3 Å². The summed E-state index contributed by atoms with van der Waals surface area (Å²) in [5.74, 6) is 0. The van der Waals surface area contributed by atoms with Gasteiger partial charge < -0.3 is 10.4 Å². The molecule has 0 saturated carbocycles. The monoisotopic (exact) mass is 279 g/mol. The van der Waals surface area contributed by atoms with E-state index in [4.69, 9.17) is 11.6 Å². The molecule has 0 amide bonds. The third kappa shape index (κ3) is 3.28. The lowest BCUT2D eigenvalue weighted by Crippen LogP contribution is -2.15. The molecule has 1 heterocycles. The van der Waals surface area contributed by atoms with Crippen LogP contribution in [-0.2, 0) is 13.5 Å². The minimum absolute atomic E-state index is 0.0152. The lowest BCUT2D eigenvalue weighted by molar-refractivity contribution is 0.276. The summed E-state index contributed by atoms with van der Waals surface area (Å²) in [5.41, 5.74) is 2.96. The second-order valence-corrected chi connectivity index (χ2v) is 4.88. The molecule has 1 aromatic heterocycles. The third-order valence-electron chi connectivity index (χ3n) is 3.02. The third-order valence-corrected chi connectivity index (χ3v) is 3.27. The molecule has 19 heavy (non-hydrogen) atoms. The number of hydrogen-bond acceptors (Lipinski definition) is 3. The van der Waals surface area contributed by atoms with Crippen LogP contribution in [0.25, 0.3) is 0 Å². The van der Waals surface area contributed by atoms with Crippen LogP contribution < -0.4 is 5.32 Å². The zero-order chi connectivity index (χ0) is 13.8. The van der Waals surface area contributed by atoms with E-state index in [1.165, 1.54) is 0 Å². The first-order valence-corrected chi connectivity index (χ1v) is 6.67. The molecule has 102 valence electrons. The van der Waals surface area contributed by atoms with E-state index in [0.717, 1.165) is 23.4 Å². The standard InChI is InChI=1S/C14H18ClN3O/c1-3-13-12(8-18(2)17-13)14(9-19)16-11-6-4-10(15)5-7-11/h4-8,14,16,19H,3,9H2,1-2H3. The number of anilines is 1. The van der Waals surface area contributed by atoms with E-state index >= 15 is 0 Å². The number of rotatable bonds is 5. The predicted octanol–water partition coefficient (Wildman–Crippen LogP) is 2.78. The van der Waals surface area contributed by atoms with Crippen molar-refractivity contribution in [2.45, 2.75) is 19.4 Å². The maximum Gasteiger partial charge on any atom is 0.0778 e. The van der Waals surface area contributed by atoms with Crippen LogP contribution in [0, 0.1) is 0 Å². The molecule has 1 unspecified atom stereocenters. The fourth-order valence-electron chi connectivity index (χ4n) is 2.09. The van der Waals surface area contributed by atoms with Crippen molar-refractivity contribution in [1.29, 1.82) is 0 Å². The van der Waals surface area contributed by atoms with Crippen molar-refractivity contribution in [2.24, 2.45) is 7.05 Å². The Morgan fingerprint density at radius 2 is 2.05 bits per heavy atom. The van der Waals surface area contributed by atoms with Crippen LogP contribution in [0.1, 0.15) is 24.2 Å². The van der Waals surface area contributed by atoms with E-state index in [9.17, 15) is 5.11 Å². The quantitative estimate of drug-likeness (QED) is 0.885. The molecule has 1 atom stereocenters. The molecule has 2 rings (SSSR count). The molecule has 0 fully saturated rings. The molecule has 1 aromatic carbocycles. The summed E-state index contributed by atoms with van der Waals surface area (Å²) in [6.07, 6.45) is 2.79. The van der Waals surface area contributed by atoms with E-state index in [-0.39, 0.29) is 12.6 Å². The van der Waals surface area contributed by atoms with Crippen molar-refractivity contribution < 1.29 is 5.11 Å². The molecule has 0 aliphatic rings. The Bertz CT molecular complexity index is 536. The van der Waals surface area contributed by atoms with Crippen molar-refractivity contribution in [1.82, 2.24) is 9.78 Å². The van der Waals surface area contributed by atoms with E-state index in [2.05, 4.69) is 17.3 Å². The van der Waals surface area contributed by atoms with Crippen LogP contribution >= 0.6 is 11.6 Å². The molecule has 0 radical (unpaired) electrons. The van der Waals surface area contributed by atoms with Gasteiger partial charge in [0.05, 0.1) is 18.3 Å². The number of aliphatic hydroxyl groups is 1. The molecule has 2 aromatic rings. The highest BCUT2D eigenvalue weighted by Gasteiger charge is 2.16. The van der Waals surface area contributed by atoms with Crippen LogP contribution in [0.2, 0.25) is 5.02 Å². The van der Waals surface area contributed by atoms with E-state index < -0.39 is 0 Å². The average Bonchev–Trinajstić information content (AvgIpc) is 2.79. The number of aromatic nitrogens is 2. The Labute approximate surface area is 118 Å². The highest BCUT2D eigenvalue weighted by atomic mass is 35.5. The topological polar surface area (TPSA) is 50.1 Å².